The predicted molar refractivity (Wildman–Crippen MR) is 89.7 cm³/mol. The van der Waals surface area contributed by atoms with E-state index in [1.54, 1.807) is 0 Å². The second kappa shape index (κ2) is 6.88. The van der Waals surface area contributed by atoms with Crippen LogP contribution in [0, 0.1) is 11.3 Å². The maximum absolute atomic E-state index is 12.1. The van der Waals surface area contributed by atoms with E-state index in [-0.39, 0.29) is 11.7 Å². The molecule has 5 nitrogen and oxygen atoms in total. The summed E-state index contributed by atoms with van der Waals surface area (Å²) < 4.78 is 6.11. The first-order valence-corrected chi connectivity index (χ1v) is 8.80. The number of benzene rings is 1. The molecule has 0 bridgehead atoms. The highest BCUT2D eigenvalue weighted by Crippen LogP contribution is 2.33. The SMILES string of the molecule is CSc1nc(-c2ccccc2OC2CCCC2)c(C#N)c(=O)[nH]1. The van der Waals surface area contributed by atoms with Crippen molar-refractivity contribution in [3.63, 3.8) is 0 Å². The zero-order valence-electron chi connectivity index (χ0n) is 12.8. The Hall–Kier alpha value is -2.26. The van der Waals surface area contributed by atoms with E-state index in [1.165, 1.54) is 24.6 Å². The minimum Gasteiger partial charge on any atom is -0.490 e. The number of ether oxygens (including phenoxy) is 1. The zero-order valence-corrected chi connectivity index (χ0v) is 13.7. The van der Waals surface area contributed by atoms with Crippen LogP contribution in [0.15, 0.2) is 34.2 Å². The Bertz CT molecular complexity index is 804. The first-order chi connectivity index (χ1) is 11.2. The molecule has 0 unspecified atom stereocenters. The summed E-state index contributed by atoms with van der Waals surface area (Å²) in [4.78, 5) is 19.2. The van der Waals surface area contributed by atoms with Gasteiger partial charge in [0, 0.05) is 5.56 Å². The van der Waals surface area contributed by atoms with Gasteiger partial charge < -0.3 is 9.72 Å². The van der Waals surface area contributed by atoms with Crippen LogP contribution in [-0.2, 0) is 0 Å². The molecule has 1 aliphatic carbocycles. The molecule has 1 heterocycles. The first-order valence-electron chi connectivity index (χ1n) is 7.57. The topological polar surface area (TPSA) is 78.8 Å². The van der Waals surface area contributed by atoms with Gasteiger partial charge in [0.15, 0.2) is 5.16 Å². The molecule has 1 aromatic carbocycles. The van der Waals surface area contributed by atoms with E-state index >= 15 is 0 Å². The van der Waals surface area contributed by atoms with Gasteiger partial charge in [0.05, 0.1) is 6.10 Å². The maximum atomic E-state index is 12.1. The highest BCUT2D eigenvalue weighted by atomic mass is 32.2. The highest BCUT2D eigenvalue weighted by molar-refractivity contribution is 7.98. The van der Waals surface area contributed by atoms with Crippen LogP contribution < -0.4 is 10.3 Å². The van der Waals surface area contributed by atoms with Gasteiger partial charge in [0.1, 0.15) is 23.1 Å². The molecular weight excluding hydrogens is 310 g/mol. The fraction of sp³-hybridized carbons (Fsp3) is 0.353. The van der Waals surface area contributed by atoms with E-state index in [9.17, 15) is 10.1 Å². The van der Waals surface area contributed by atoms with Gasteiger partial charge in [-0.25, -0.2) is 4.98 Å². The lowest BCUT2D eigenvalue weighted by Crippen LogP contribution is -2.16. The average Bonchev–Trinajstić information content (AvgIpc) is 3.07. The van der Waals surface area contributed by atoms with Crippen molar-refractivity contribution >= 4 is 11.8 Å². The van der Waals surface area contributed by atoms with Gasteiger partial charge >= 0.3 is 0 Å². The molecule has 3 rings (SSSR count). The van der Waals surface area contributed by atoms with E-state index in [0.29, 0.717) is 22.2 Å². The number of aromatic amines is 1. The number of nitriles is 1. The van der Waals surface area contributed by atoms with E-state index in [0.717, 1.165) is 12.8 Å². The Morgan fingerprint density at radius 2 is 2.09 bits per heavy atom. The molecule has 1 aliphatic rings. The van der Waals surface area contributed by atoms with Crippen molar-refractivity contribution in [2.24, 2.45) is 0 Å². The lowest BCUT2D eigenvalue weighted by molar-refractivity contribution is 0.211. The predicted octanol–water partition coefficient (Wildman–Crippen LogP) is 3.35. The second-order valence-corrected chi connectivity index (χ2v) is 6.23. The molecule has 6 heteroatoms. The number of nitrogens with one attached hydrogen (secondary N) is 1. The van der Waals surface area contributed by atoms with Crippen molar-refractivity contribution < 1.29 is 4.74 Å². The van der Waals surface area contributed by atoms with Crippen molar-refractivity contribution in [3.8, 4) is 23.1 Å². The standard InChI is InChI=1S/C17H17N3O2S/c1-23-17-19-15(13(10-18)16(21)20-17)12-8-4-5-9-14(12)22-11-6-2-3-7-11/h4-5,8-9,11H,2-3,6-7H2,1H3,(H,19,20,21). The summed E-state index contributed by atoms with van der Waals surface area (Å²) in [6.07, 6.45) is 6.46. The van der Waals surface area contributed by atoms with Crippen LogP contribution in [0.3, 0.4) is 0 Å². The van der Waals surface area contributed by atoms with Gasteiger partial charge in [0.2, 0.25) is 0 Å². The quantitative estimate of drug-likeness (QED) is 0.688. The second-order valence-electron chi connectivity index (χ2n) is 5.43. The number of H-pyrrole nitrogens is 1. The summed E-state index contributed by atoms with van der Waals surface area (Å²) in [7, 11) is 0. The van der Waals surface area contributed by atoms with Crippen LogP contribution in [0.4, 0.5) is 0 Å². The van der Waals surface area contributed by atoms with E-state index in [4.69, 9.17) is 4.74 Å². The summed E-state index contributed by atoms with van der Waals surface area (Å²) >= 11 is 1.33. The summed E-state index contributed by atoms with van der Waals surface area (Å²) in [5.74, 6) is 0.682. The smallest absolute Gasteiger partial charge is 0.270 e. The molecule has 1 aromatic heterocycles. The minimum atomic E-state index is -0.419. The van der Waals surface area contributed by atoms with E-state index in [1.807, 2.05) is 36.6 Å². The third-order valence-corrected chi connectivity index (χ3v) is 4.52. The Labute approximate surface area is 138 Å². The Morgan fingerprint density at radius 3 is 2.78 bits per heavy atom. The molecule has 118 valence electrons. The number of para-hydroxylation sites is 1. The number of aromatic nitrogens is 2. The average molecular weight is 327 g/mol. The Morgan fingerprint density at radius 1 is 1.35 bits per heavy atom. The van der Waals surface area contributed by atoms with Crippen molar-refractivity contribution in [1.82, 2.24) is 9.97 Å². The molecule has 1 saturated carbocycles. The molecule has 23 heavy (non-hydrogen) atoms. The molecule has 1 N–H and O–H groups in total. The molecule has 0 saturated heterocycles. The molecule has 1 fully saturated rings. The molecular formula is C17H17N3O2S. The normalized spacial score (nSPS) is 14.6. The number of hydrogen-bond donors (Lipinski definition) is 1. The first kappa shape index (κ1) is 15.6. The number of hydrogen-bond acceptors (Lipinski definition) is 5. The third-order valence-electron chi connectivity index (χ3n) is 3.94. The summed E-state index contributed by atoms with van der Waals surface area (Å²) in [5, 5.41) is 9.83. The summed E-state index contributed by atoms with van der Waals surface area (Å²) in [5.41, 5.74) is 0.675. The van der Waals surface area contributed by atoms with Gasteiger partial charge in [-0.3, -0.25) is 4.79 Å². The molecule has 0 radical (unpaired) electrons. The largest absolute Gasteiger partial charge is 0.490 e. The number of nitrogens with zero attached hydrogens (tertiary/aromatic N) is 2. The van der Waals surface area contributed by atoms with Crippen molar-refractivity contribution in [2.45, 2.75) is 36.9 Å². The van der Waals surface area contributed by atoms with Crippen LogP contribution >= 0.6 is 11.8 Å². The third kappa shape index (κ3) is 3.25. The Balaban J connectivity index is 2.10. The van der Waals surface area contributed by atoms with Crippen LogP contribution in [0.2, 0.25) is 0 Å². The van der Waals surface area contributed by atoms with Gasteiger partial charge in [-0.15, -0.1) is 0 Å². The van der Waals surface area contributed by atoms with Crippen molar-refractivity contribution in [1.29, 1.82) is 5.26 Å². The molecule has 0 atom stereocenters. The van der Waals surface area contributed by atoms with Crippen molar-refractivity contribution in [3.05, 3.63) is 40.2 Å². The summed E-state index contributed by atoms with van der Waals surface area (Å²) in [6.45, 7) is 0. The minimum absolute atomic E-state index is 0.0188. The lowest BCUT2D eigenvalue weighted by Gasteiger charge is -2.16. The van der Waals surface area contributed by atoms with Crippen LogP contribution in [0.25, 0.3) is 11.3 Å². The number of thioether (sulfide) groups is 1. The molecule has 0 aliphatic heterocycles. The summed E-state index contributed by atoms with van der Waals surface area (Å²) in [6, 6.07) is 9.43. The van der Waals surface area contributed by atoms with Gasteiger partial charge in [-0.05, 0) is 44.1 Å². The van der Waals surface area contributed by atoms with Crippen molar-refractivity contribution in [2.75, 3.05) is 6.26 Å². The maximum Gasteiger partial charge on any atom is 0.270 e. The van der Waals surface area contributed by atoms with Crippen LogP contribution in [0.1, 0.15) is 31.2 Å². The van der Waals surface area contributed by atoms with Gasteiger partial charge in [0.25, 0.3) is 5.56 Å². The fourth-order valence-corrected chi connectivity index (χ4v) is 3.18. The van der Waals surface area contributed by atoms with Gasteiger partial charge in [-0.2, -0.15) is 5.26 Å². The molecule has 0 spiro atoms. The van der Waals surface area contributed by atoms with Gasteiger partial charge in [-0.1, -0.05) is 23.9 Å². The lowest BCUT2D eigenvalue weighted by atomic mass is 10.1. The molecule has 2 aromatic rings. The van der Waals surface area contributed by atoms with E-state index < -0.39 is 5.56 Å². The van der Waals surface area contributed by atoms with E-state index in [2.05, 4.69) is 9.97 Å². The fourth-order valence-electron chi connectivity index (χ4n) is 2.80. The monoisotopic (exact) mass is 327 g/mol. The zero-order chi connectivity index (χ0) is 16.2. The number of rotatable bonds is 4. The van der Waals surface area contributed by atoms with Crippen LogP contribution in [-0.4, -0.2) is 22.3 Å². The Kier molecular flexibility index (Phi) is 4.68. The molecule has 0 amide bonds. The van der Waals surface area contributed by atoms with Crippen LogP contribution in [0.5, 0.6) is 5.75 Å². The highest BCUT2D eigenvalue weighted by Gasteiger charge is 2.21.